The summed E-state index contributed by atoms with van der Waals surface area (Å²) in [7, 11) is 1.56. The summed E-state index contributed by atoms with van der Waals surface area (Å²) in [6, 6.07) is 17.8. The van der Waals surface area contributed by atoms with Crippen LogP contribution >= 0.6 is 11.8 Å². The number of alkyl halides is 3. The van der Waals surface area contributed by atoms with Crippen LogP contribution in [0.3, 0.4) is 0 Å². The van der Waals surface area contributed by atoms with Crippen molar-refractivity contribution in [1.82, 2.24) is 20.1 Å². The molecule has 1 aliphatic rings. The molecule has 0 bridgehead atoms. The summed E-state index contributed by atoms with van der Waals surface area (Å²) in [4.78, 5) is 35.7. The highest BCUT2D eigenvalue weighted by Gasteiger charge is 2.33. The van der Waals surface area contributed by atoms with Gasteiger partial charge in [-0.2, -0.15) is 4.99 Å². The molecule has 1 saturated heterocycles. The first-order valence-corrected chi connectivity index (χ1v) is 15.3. The third-order valence-corrected chi connectivity index (χ3v) is 8.11. The summed E-state index contributed by atoms with van der Waals surface area (Å²) in [6.07, 6.45) is -3.29. The maximum absolute atomic E-state index is 12.9. The number of thioether (sulfide) groups is 1. The fraction of sp³-hybridized carbons (Fsp3) is 0.281. The van der Waals surface area contributed by atoms with Gasteiger partial charge < -0.3 is 14.8 Å². The number of amidine groups is 1. The maximum Gasteiger partial charge on any atom is 0.573 e. The fourth-order valence-electron chi connectivity index (χ4n) is 4.78. The van der Waals surface area contributed by atoms with E-state index in [0.717, 1.165) is 16.7 Å². The molecule has 0 aliphatic carbocycles. The van der Waals surface area contributed by atoms with Crippen LogP contribution in [0, 0.1) is 0 Å². The van der Waals surface area contributed by atoms with Gasteiger partial charge in [-0.15, -0.1) is 18.3 Å². The lowest BCUT2D eigenvalue weighted by atomic mass is 10.00. The van der Waals surface area contributed by atoms with E-state index in [-0.39, 0.29) is 29.2 Å². The Morgan fingerprint density at radius 3 is 2.39 bits per heavy atom. The van der Waals surface area contributed by atoms with E-state index in [2.05, 4.69) is 25.1 Å². The number of nitrogens with zero attached hydrogens (tertiary/aromatic N) is 5. The molecule has 0 spiro atoms. The predicted molar refractivity (Wildman–Crippen MR) is 170 cm³/mol. The number of methoxy groups -OCH3 is 1. The van der Waals surface area contributed by atoms with Crippen LogP contribution in [-0.2, 0) is 4.79 Å². The Hall–Kier alpha value is -4.85. The van der Waals surface area contributed by atoms with E-state index in [4.69, 9.17) is 4.74 Å². The van der Waals surface area contributed by atoms with E-state index in [0.29, 0.717) is 34.7 Å². The molecule has 3 amide bonds. The molecule has 5 rings (SSSR count). The number of halogens is 3. The second-order valence-electron chi connectivity index (χ2n) is 10.8. The van der Waals surface area contributed by atoms with Crippen LogP contribution < -0.4 is 19.7 Å². The van der Waals surface area contributed by atoms with Crippen molar-refractivity contribution < 1.29 is 32.2 Å². The number of carbonyl (C=O) groups is 2. The van der Waals surface area contributed by atoms with Crippen molar-refractivity contribution in [3.63, 3.8) is 0 Å². The highest BCUT2D eigenvalue weighted by molar-refractivity contribution is 8.15. The maximum atomic E-state index is 12.9. The molecule has 4 aromatic rings. The number of hydrogen-bond acceptors (Lipinski definition) is 7. The second kappa shape index (κ2) is 13.6. The minimum atomic E-state index is -4.76. The molecule has 14 heteroatoms. The molecule has 10 nitrogen and oxygen atoms in total. The first-order valence-electron chi connectivity index (χ1n) is 14.3. The van der Waals surface area contributed by atoms with Gasteiger partial charge >= 0.3 is 12.4 Å². The number of hydrogen-bond donors (Lipinski definition) is 1. The van der Waals surface area contributed by atoms with Crippen molar-refractivity contribution in [2.24, 2.45) is 4.99 Å². The van der Waals surface area contributed by atoms with Crippen molar-refractivity contribution in [2.45, 2.75) is 39.0 Å². The van der Waals surface area contributed by atoms with E-state index in [1.165, 1.54) is 51.9 Å². The molecular weight excluding hydrogens is 621 g/mol. The Morgan fingerprint density at radius 2 is 1.74 bits per heavy atom. The summed E-state index contributed by atoms with van der Waals surface area (Å²) >= 11 is 1.21. The summed E-state index contributed by atoms with van der Waals surface area (Å²) in [5, 5.41) is 7.58. The smallest absolute Gasteiger partial charge is 0.497 e. The Labute approximate surface area is 267 Å². The quantitative estimate of drug-likeness (QED) is 0.209. The van der Waals surface area contributed by atoms with E-state index >= 15 is 0 Å². The molecule has 2 heterocycles. The molecular formula is C32H31F3N6O4S. The number of amides is 3. The zero-order valence-corrected chi connectivity index (χ0v) is 26.2. The highest BCUT2D eigenvalue weighted by atomic mass is 32.2. The molecule has 1 aliphatic heterocycles. The summed E-state index contributed by atoms with van der Waals surface area (Å²) in [5.41, 5.74) is 3.81. The number of urea groups is 1. The first-order chi connectivity index (χ1) is 21.9. The number of ether oxygens (including phenoxy) is 2. The Kier molecular flexibility index (Phi) is 9.65. The lowest BCUT2D eigenvalue weighted by Crippen LogP contribution is -2.33. The third-order valence-electron chi connectivity index (χ3n) is 7.19. The van der Waals surface area contributed by atoms with E-state index in [1.807, 2.05) is 57.2 Å². The average molecular weight is 653 g/mol. The average Bonchev–Trinajstić information content (AvgIpc) is 3.66. The normalized spacial score (nSPS) is 15.0. The summed E-state index contributed by atoms with van der Waals surface area (Å²) < 4.78 is 48.0. The van der Waals surface area contributed by atoms with Crippen molar-refractivity contribution in [3.05, 3.63) is 84.2 Å². The molecule has 1 fully saturated rings. The van der Waals surface area contributed by atoms with Gasteiger partial charge in [-0.1, -0.05) is 62.9 Å². The van der Waals surface area contributed by atoms with E-state index in [1.54, 1.807) is 13.2 Å². The SMILES string of the molecule is COc1ccc(C(C)C)c(N2C(=O)CS/C2=N\C(=O)NCC(C)c2ccc(-c3ncn(-c4ccc(OC(F)(F)F)cc4)n3)cc2)c1. The summed E-state index contributed by atoms with van der Waals surface area (Å²) in [5.74, 6) is 0.811. The molecule has 1 atom stereocenters. The Balaban J connectivity index is 1.21. The van der Waals surface area contributed by atoms with Crippen LogP contribution in [0.25, 0.3) is 17.1 Å². The van der Waals surface area contributed by atoms with Gasteiger partial charge in [0, 0.05) is 18.2 Å². The van der Waals surface area contributed by atoms with E-state index in [9.17, 15) is 22.8 Å². The Bertz CT molecular complexity index is 1740. The molecule has 0 radical (unpaired) electrons. The predicted octanol–water partition coefficient (Wildman–Crippen LogP) is 6.91. The molecule has 240 valence electrons. The minimum Gasteiger partial charge on any atom is -0.497 e. The van der Waals surface area contributed by atoms with E-state index < -0.39 is 12.4 Å². The minimum absolute atomic E-state index is 0.0546. The number of carbonyl (C=O) groups excluding carboxylic acids is 2. The van der Waals surface area contributed by atoms with Crippen LogP contribution in [0.4, 0.5) is 23.7 Å². The zero-order chi connectivity index (χ0) is 33.0. The number of aliphatic imine (C=N–C) groups is 1. The third kappa shape index (κ3) is 7.68. The van der Waals surface area contributed by atoms with Crippen LogP contribution in [0.5, 0.6) is 11.5 Å². The lowest BCUT2D eigenvalue weighted by Gasteiger charge is -2.22. The molecule has 0 saturated carbocycles. The molecule has 46 heavy (non-hydrogen) atoms. The highest BCUT2D eigenvalue weighted by Crippen LogP contribution is 2.36. The number of nitrogens with one attached hydrogen (secondary N) is 1. The topological polar surface area (TPSA) is 111 Å². The van der Waals surface area contributed by atoms with Gasteiger partial charge in [0.15, 0.2) is 11.0 Å². The van der Waals surface area contributed by atoms with Crippen LogP contribution in [-0.4, -0.2) is 57.6 Å². The number of aromatic nitrogens is 3. The number of anilines is 1. The fourth-order valence-corrected chi connectivity index (χ4v) is 5.64. The Morgan fingerprint density at radius 1 is 1.04 bits per heavy atom. The van der Waals surface area contributed by atoms with Crippen LogP contribution in [0.15, 0.2) is 78.0 Å². The second-order valence-corrected chi connectivity index (χ2v) is 11.7. The number of rotatable bonds is 9. The van der Waals surface area contributed by atoms with Gasteiger partial charge in [-0.3, -0.25) is 9.69 Å². The van der Waals surface area contributed by atoms with Gasteiger partial charge in [0.1, 0.15) is 17.8 Å². The van der Waals surface area contributed by atoms with Gasteiger partial charge in [0.25, 0.3) is 0 Å². The molecule has 1 aromatic heterocycles. The van der Waals surface area contributed by atoms with Gasteiger partial charge in [0.2, 0.25) is 5.91 Å². The van der Waals surface area contributed by atoms with Crippen molar-refractivity contribution in [2.75, 3.05) is 24.3 Å². The molecule has 1 unspecified atom stereocenters. The van der Waals surface area contributed by atoms with Crippen molar-refractivity contribution >= 4 is 34.6 Å². The molecule has 3 aromatic carbocycles. The van der Waals surface area contributed by atoms with Crippen LogP contribution in [0.1, 0.15) is 43.7 Å². The largest absolute Gasteiger partial charge is 0.573 e. The van der Waals surface area contributed by atoms with Gasteiger partial charge in [0.05, 0.1) is 24.2 Å². The number of benzene rings is 3. The monoisotopic (exact) mass is 652 g/mol. The zero-order valence-electron chi connectivity index (χ0n) is 25.4. The first kappa shape index (κ1) is 32.5. The molecule has 1 N–H and O–H groups in total. The van der Waals surface area contributed by atoms with Gasteiger partial charge in [-0.25, -0.2) is 14.5 Å². The van der Waals surface area contributed by atoms with Crippen molar-refractivity contribution in [1.29, 1.82) is 0 Å². The van der Waals surface area contributed by atoms with Gasteiger partial charge in [-0.05, 0) is 53.3 Å². The standard InChI is InChI=1S/C32H31F3N6O4S/c1-19(2)26-14-13-25(44-4)15-27(26)41-28(42)17-46-31(41)38-30(43)36-16-20(3)21-5-7-22(8-6-21)29-37-18-40(39-29)23-9-11-24(12-10-23)45-32(33,34)35/h5-15,18-20H,16-17H2,1-4H3,(H,36,43)/b38-31-. The summed E-state index contributed by atoms with van der Waals surface area (Å²) in [6.45, 7) is 6.34. The van der Waals surface area contributed by atoms with Crippen LogP contribution in [0.2, 0.25) is 0 Å². The lowest BCUT2D eigenvalue weighted by molar-refractivity contribution is -0.274. The van der Waals surface area contributed by atoms with Crippen molar-refractivity contribution in [3.8, 4) is 28.6 Å².